The summed E-state index contributed by atoms with van der Waals surface area (Å²) in [6, 6.07) is 0.310. The van der Waals surface area contributed by atoms with E-state index in [0.29, 0.717) is 12.5 Å². The summed E-state index contributed by atoms with van der Waals surface area (Å²) in [5.41, 5.74) is -0.245. The van der Waals surface area contributed by atoms with Crippen molar-refractivity contribution in [3.05, 3.63) is 22.5 Å². The van der Waals surface area contributed by atoms with Crippen molar-refractivity contribution in [3.8, 4) is 0 Å². The van der Waals surface area contributed by atoms with Crippen LogP contribution >= 0.6 is 0 Å². The molecule has 0 aliphatic carbocycles. The molecule has 8 heteroatoms. The van der Waals surface area contributed by atoms with E-state index < -0.39 is 4.92 Å². The van der Waals surface area contributed by atoms with Crippen molar-refractivity contribution in [2.75, 3.05) is 13.1 Å². The highest BCUT2D eigenvalue weighted by Gasteiger charge is 2.18. The molecule has 8 nitrogen and oxygen atoms in total. The van der Waals surface area contributed by atoms with Crippen molar-refractivity contribution < 1.29 is 14.5 Å². The first-order chi connectivity index (χ1) is 9.83. The molecule has 0 atom stereocenters. The minimum atomic E-state index is -0.412. The molecule has 0 radical (unpaired) electrons. The van der Waals surface area contributed by atoms with Crippen LogP contribution in [0, 0.1) is 10.1 Å². The lowest BCUT2D eigenvalue weighted by molar-refractivity contribution is -0.385. The molecular weight excluding hydrogens is 276 g/mol. The molecule has 2 heterocycles. The Balaban J connectivity index is 0.000000270. The third kappa shape index (κ3) is 6.35. The first kappa shape index (κ1) is 17.1. The third-order valence-electron chi connectivity index (χ3n) is 2.88. The molecule has 1 aliphatic rings. The van der Waals surface area contributed by atoms with Crippen LogP contribution < -0.4 is 5.32 Å². The van der Waals surface area contributed by atoms with Crippen LogP contribution in [-0.4, -0.2) is 39.9 Å². The molecule has 0 bridgehead atoms. The van der Waals surface area contributed by atoms with Gasteiger partial charge in [0.1, 0.15) is 18.0 Å². The van der Waals surface area contributed by atoms with Crippen molar-refractivity contribution in [1.82, 2.24) is 15.1 Å². The zero-order valence-corrected chi connectivity index (χ0v) is 12.6. The summed E-state index contributed by atoms with van der Waals surface area (Å²) >= 11 is 0. The molecular formula is C13H22N4O4. The van der Waals surface area contributed by atoms with Gasteiger partial charge in [-0.1, -0.05) is 0 Å². The van der Waals surface area contributed by atoms with E-state index in [0.717, 1.165) is 25.9 Å². The third-order valence-corrected chi connectivity index (χ3v) is 2.88. The van der Waals surface area contributed by atoms with Crippen LogP contribution in [0.1, 0.15) is 39.7 Å². The van der Waals surface area contributed by atoms with Gasteiger partial charge in [-0.3, -0.25) is 19.6 Å². The van der Waals surface area contributed by atoms with Gasteiger partial charge in [0.15, 0.2) is 0 Å². The molecule has 0 unspecified atom stereocenters. The van der Waals surface area contributed by atoms with Gasteiger partial charge in [0.25, 0.3) is 6.47 Å². The summed E-state index contributed by atoms with van der Waals surface area (Å²) in [6.07, 6.45) is 4.79. The quantitative estimate of drug-likeness (QED) is 0.517. The van der Waals surface area contributed by atoms with Crippen molar-refractivity contribution >= 4 is 12.2 Å². The Kier molecular flexibility index (Phi) is 6.29. The number of aromatic nitrogens is 2. The first-order valence-corrected chi connectivity index (χ1v) is 6.84. The second-order valence-corrected chi connectivity index (χ2v) is 5.74. The predicted octanol–water partition coefficient (Wildman–Crippen LogP) is 1.67. The van der Waals surface area contributed by atoms with Crippen LogP contribution in [0.15, 0.2) is 12.4 Å². The Hall–Kier alpha value is -1.96. The second-order valence-electron chi connectivity index (χ2n) is 5.74. The summed E-state index contributed by atoms with van der Waals surface area (Å²) in [7, 11) is 0. The average molecular weight is 298 g/mol. The molecule has 1 fully saturated rings. The minimum absolute atomic E-state index is 0.0727. The molecule has 1 aliphatic heterocycles. The first-order valence-electron chi connectivity index (χ1n) is 6.84. The summed E-state index contributed by atoms with van der Waals surface area (Å²) in [4.78, 5) is 19.6. The lowest BCUT2D eigenvalue weighted by Crippen LogP contribution is -2.29. The number of piperidine rings is 1. The van der Waals surface area contributed by atoms with Crippen LogP contribution in [0.25, 0.3) is 0 Å². The van der Waals surface area contributed by atoms with Gasteiger partial charge >= 0.3 is 5.69 Å². The SMILES string of the molecule is CC(C)(C)OC=O.O=[N+]([O-])c1cnn(C2CCNCC2)c1. The van der Waals surface area contributed by atoms with E-state index in [4.69, 9.17) is 0 Å². The highest BCUT2D eigenvalue weighted by atomic mass is 16.6. The Morgan fingerprint density at radius 2 is 2.10 bits per heavy atom. The summed E-state index contributed by atoms with van der Waals surface area (Å²) in [6.45, 7) is 7.83. The molecule has 1 N–H and O–H groups in total. The van der Waals surface area contributed by atoms with Gasteiger partial charge in [-0.25, -0.2) is 0 Å². The highest BCUT2D eigenvalue weighted by Crippen LogP contribution is 2.20. The lowest BCUT2D eigenvalue weighted by Gasteiger charge is -2.22. The van der Waals surface area contributed by atoms with Crippen molar-refractivity contribution in [2.24, 2.45) is 0 Å². The minimum Gasteiger partial charge on any atom is -0.462 e. The molecule has 2 rings (SSSR count). The van der Waals surface area contributed by atoms with Crippen LogP contribution in [0.3, 0.4) is 0 Å². The molecule has 0 aromatic carbocycles. The lowest BCUT2D eigenvalue weighted by atomic mass is 10.1. The zero-order valence-electron chi connectivity index (χ0n) is 12.6. The molecule has 0 spiro atoms. The Labute approximate surface area is 123 Å². The normalized spacial score (nSPS) is 15.8. The molecule has 21 heavy (non-hydrogen) atoms. The maximum atomic E-state index is 10.4. The largest absolute Gasteiger partial charge is 0.462 e. The van der Waals surface area contributed by atoms with Crippen LogP contribution in [-0.2, 0) is 9.53 Å². The summed E-state index contributed by atoms with van der Waals surface area (Å²) < 4.78 is 6.26. The van der Waals surface area contributed by atoms with E-state index in [2.05, 4.69) is 15.2 Å². The van der Waals surface area contributed by atoms with Gasteiger partial charge in [-0.15, -0.1) is 0 Å². The fourth-order valence-corrected chi connectivity index (χ4v) is 1.84. The molecule has 1 saturated heterocycles. The van der Waals surface area contributed by atoms with E-state index in [-0.39, 0.29) is 11.3 Å². The van der Waals surface area contributed by atoms with Crippen LogP contribution in [0.2, 0.25) is 0 Å². The monoisotopic (exact) mass is 298 g/mol. The number of ether oxygens (including phenoxy) is 1. The summed E-state index contributed by atoms with van der Waals surface area (Å²) in [5.74, 6) is 0. The number of hydrogen-bond acceptors (Lipinski definition) is 6. The number of carbonyl (C=O) groups excluding carboxylic acids is 1. The molecule has 0 saturated carbocycles. The number of nitrogens with one attached hydrogen (secondary N) is 1. The maximum absolute atomic E-state index is 10.4. The van der Waals surface area contributed by atoms with Gasteiger partial charge in [-0.05, 0) is 46.7 Å². The molecule has 118 valence electrons. The van der Waals surface area contributed by atoms with Crippen LogP contribution in [0.4, 0.5) is 5.69 Å². The highest BCUT2D eigenvalue weighted by molar-refractivity contribution is 5.37. The van der Waals surface area contributed by atoms with E-state index in [1.807, 2.05) is 20.8 Å². The number of carbonyl (C=O) groups is 1. The standard InChI is InChI=1S/C8H12N4O2.C5H10O2/c13-12(14)8-5-10-11(6-8)7-1-3-9-4-2-7;1-5(2,3)7-4-6/h5-7,9H,1-4H2;4H,1-3H3. The Morgan fingerprint density at radius 3 is 2.48 bits per heavy atom. The Morgan fingerprint density at radius 1 is 1.48 bits per heavy atom. The number of hydrogen-bond donors (Lipinski definition) is 1. The fourth-order valence-electron chi connectivity index (χ4n) is 1.84. The molecule has 1 aromatic rings. The smallest absolute Gasteiger partial charge is 0.307 e. The van der Waals surface area contributed by atoms with Gasteiger partial charge in [-0.2, -0.15) is 5.10 Å². The number of rotatable bonds is 3. The van der Waals surface area contributed by atoms with E-state index in [1.165, 1.54) is 12.4 Å². The van der Waals surface area contributed by atoms with Gasteiger partial charge < -0.3 is 10.1 Å². The molecule has 0 amide bonds. The maximum Gasteiger partial charge on any atom is 0.307 e. The average Bonchev–Trinajstić information content (AvgIpc) is 2.89. The summed E-state index contributed by atoms with van der Waals surface area (Å²) in [5, 5.41) is 17.7. The van der Waals surface area contributed by atoms with E-state index >= 15 is 0 Å². The molecule has 1 aromatic heterocycles. The topological polar surface area (TPSA) is 99.3 Å². The predicted molar refractivity (Wildman–Crippen MR) is 76.9 cm³/mol. The van der Waals surface area contributed by atoms with E-state index in [9.17, 15) is 14.9 Å². The van der Waals surface area contributed by atoms with Gasteiger partial charge in [0.05, 0.1) is 11.0 Å². The van der Waals surface area contributed by atoms with Crippen molar-refractivity contribution in [3.63, 3.8) is 0 Å². The van der Waals surface area contributed by atoms with E-state index in [1.54, 1.807) is 4.68 Å². The number of nitro groups is 1. The fraction of sp³-hybridized carbons (Fsp3) is 0.692. The van der Waals surface area contributed by atoms with Gasteiger partial charge in [0.2, 0.25) is 0 Å². The second kappa shape index (κ2) is 7.72. The number of nitrogens with zero attached hydrogens (tertiary/aromatic N) is 3. The zero-order chi connectivity index (χ0) is 15.9. The Bertz CT molecular complexity index is 461. The van der Waals surface area contributed by atoms with Gasteiger partial charge in [0, 0.05) is 0 Å². The van der Waals surface area contributed by atoms with Crippen LogP contribution in [0.5, 0.6) is 0 Å². The van der Waals surface area contributed by atoms with Crippen molar-refractivity contribution in [1.29, 1.82) is 0 Å². The van der Waals surface area contributed by atoms with Crippen molar-refractivity contribution in [2.45, 2.75) is 45.3 Å².